The van der Waals surface area contributed by atoms with Crippen molar-refractivity contribution in [2.24, 2.45) is 0 Å². The van der Waals surface area contributed by atoms with Crippen molar-refractivity contribution >= 4 is 11.7 Å². The topological polar surface area (TPSA) is 58.6 Å². The summed E-state index contributed by atoms with van der Waals surface area (Å²) in [5.41, 5.74) is 0. The fourth-order valence-corrected chi connectivity index (χ4v) is 3.42. The number of unbranched alkanes of at least 4 members (excludes halogenated alkanes) is 2. The van der Waals surface area contributed by atoms with Gasteiger partial charge in [0.05, 0.1) is 0 Å². The molecule has 150 valence electrons. The van der Waals surface area contributed by atoms with Crippen molar-refractivity contribution in [1.29, 1.82) is 0 Å². The van der Waals surface area contributed by atoms with Crippen LogP contribution in [0, 0.1) is 5.82 Å². The third-order valence-electron chi connectivity index (χ3n) is 4.91. The molecule has 1 atom stereocenters. The molecule has 0 aliphatic carbocycles. The van der Waals surface area contributed by atoms with Crippen LogP contribution in [-0.2, 0) is 4.79 Å². The predicted molar refractivity (Wildman–Crippen MR) is 106 cm³/mol. The Bertz CT molecular complexity index is 801. The SMILES string of the molecule is CCCCCC(=O)N1CCN(c2cc(Oc3cccc(F)c3)ncn2)C[C@@H]1C. The van der Waals surface area contributed by atoms with Crippen molar-refractivity contribution in [3.63, 3.8) is 0 Å². The number of nitrogens with zero attached hydrogens (tertiary/aromatic N) is 4. The van der Waals surface area contributed by atoms with E-state index in [1.165, 1.54) is 18.5 Å². The van der Waals surface area contributed by atoms with E-state index in [-0.39, 0.29) is 17.8 Å². The summed E-state index contributed by atoms with van der Waals surface area (Å²) in [7, 11) is 0. The van der Waals surface area contributed by atoms with Gasteiger partial charge in [0.25, 0.3) is 0 Å². The summed E-state index contributed by atoms with van der Waals surface area (Å²) in [4.78, 5) is 25.0. The van der Waals surface area contributed by atoms with Crippen LogP contribution in [0.25, 0.3) is 0 Å². The molecule has 6 nitrogen and oxygen atoms in total. The second-order valence-electron chi connectivity index (χ2n) is 7.11. The lowest BCUT2D eigenvalue weighted by atomic mass is 10.1. The van der Waals surface area contributed by atoms with Gasteiger partial charge in [-0.25, -0.2) is 14.4 Å². The van der Waals surface area contributed by atoms with E-state index in [0.29, 0.717) is 37.7 Å². The number of aromatic nitrogens is 2. The largest absolute Gasteiger partial charge is 0.439 e. The second-order valence-corrected chi connectivity index (χ2v) is 7.11. The monoisotopic (exact) mass is 386 g/mol. The molecular weight excluding hydrogens is 359 g/mol. The van der Waals surface area contributed by atoms with Gasteiger partial charge in [-0.1, -0.05) is 25.8 Å². The fraction of sp³-hybridized carbons (Fsp3) is 0.476. The molecule has 0 spiro atoms. The lowest BCUT2D eigenvalue weighted by molar-refractivity contribution is -0.133. The molecule has 0 N–H and O–H groups in total. The van der Waals surface area contributed by atoms with E-state index in [1.807, 2.05) is 4.90 Å². The number of rotatable bonds is 7. The first kappa shape index (κ1) is 20.0. The van der Waals surface area contributed by atoms with Crippen molar-refractivity contribution in [2.75, 3.05) is 24.5 Å². The van der Waals surface area contributed by atoms with Crippen LogP contribution in [0.4, 0.5) is 10.2 Å². The van der Waals surface area contributed by atoms with Gasteiger partial charge in [0.15, 0.2) is 0 Å². The lowest BCUT2D eigenvalue weighted by Gasteiger charge is -2.40. The summed E-state index contributed by atoms with van der Waals surface area (Å²) in [6, 6.07) is 7.80. The van der Waals surface area contributed by atoms with E-state index in [4.69, 9.17) is 4.74 Å². The van der Waals surface area contributed by atoms with Crippen LogP contribution in [0.3, 0.4) is 0 Å². The third-order valence-corrected chi connectivity index (χ3v) is 4.91. The molecular formula is C21H27FN4O2. The van der Waals surface area contributed by atoms with Gasteiger partial charge in [-0.2, -0.15) is 0 Å². The van der Waals surface area contributed by atoms with Gasteiger partial charge in [0, 0.05) is 44.2 Å². The molecule has 1 aliphatic heterocycles. The van der Waals surface area contributed by atoms with Gasteiger partial charge in [0.2, 0.25) is 11.8 Å². The van der Waals surface area contributed by atoms with E-state index in [2.05, 4.69) is 28.7 Å². The zero-order valence-corrected chi connectivity index (χ0v) is 16.5. The minimum Gasteiger partial charge on any atom is -0.439 e. The number of hydrogen-bond donors (Lipinski definition) is 0. The fourth-order valence-electron chi connectivity index (χ4n) is 3.42. The van der Waals surface area contributed by atoms with Crippen molar-refractivity contribution in [2.45, 2.75) is 45.6 Å². The van der Waals surface area contributed by atoms with Gasteiger partial charge in [-0.15, -0.1) is 0 Å². The number of carbonyl (C=O) groups excluding carboxylic acids is 1. The molecule has 1 saturated heterocycles. The van der Waals surface area contributed by atoms with Crippen LogP contribution in [0.2, 0.25) is 0 Å². The molecule has 7 heteroatoms. The van der Waals surface area contributed by atoms with Gasteiger partial charge in [0.1, 0.15) is 23.7 Å². The highest BCUT2D eigenvalue weighted by molar-refractivity contribution is 5.76. The Balaban J connectivity index is 1.61. The number of ether oxygens (including phenoxy) is 1. The quantitative estimate of drug-likeness (QED) is 0.673. The van der Waals surface area contributed by atoms with Crippen LogP contribution in [0.15, 0.2) is 36.7 Å². The summed E-state index contributed by atoms with van der Waals surface area (Å²) in [6.07, 6.45) is 5.22. The van der Waals surface area contributed by atoms with Gasteiger partial charge >= 0.3 is 0 Å². The zero-order chi connectivity index (χ0) is 19.9. The average Bonchev–Trinajstić information content (AvgIpc) is 2.68. The maximum Gasteiger partial charge on any atom is 0.224 e. The maximum absolute atomic E-state index is 13.3. The number of piperazine rings is 1. The van der Waals surface area contributed by atoms with Crippen LogP contribution in [0.5, 0.6) is 11.6 Å². The first-order chi connectivity index (χ1) is 13.6. The van der Waals surface area contributed by atoms with Crippen LogP contribution >= 0.6 is 0 Å². The number of hydrogen-bond acceptors (Lipinski definition) is 5. The minimum absolute atomic E-state index is 0.116. The first-order valence-corrected chi connectivity index (χ1v) is 9.86. The van der Waals surface area contributed by atoms with Crippen molar-refractivity contribution in [1.82, 2.24) is 14.9 Å². The second kappa shape index (κ2) is 9.48. The van der Waals surface area contributed by atoms with Gasteiger partial charge < -0.3 is 14.5 Å². The van der Waals surface area contributed by atoms with Crippen molar-refractivity contribution in [3.05, 3.63) is 42.5 Å². The van der Waals surface area contributed by atoms with E-state index in [1.54, 1.807) is 18.2 Å². The average molecular weight is 386 g/mol. The number of carbonyl (C=O) groups is 1. The Morgan fingerprint density at radius 2 is 2.11 bits per heavy atom. The first-order valence-electron chi connectivity index (χ1n) is 9.86. The highest BCUT2D eigenvalue weighted by atomic mass is 19.1. The lowest BCUT2D eigenvalue weighted by Crippen LogP contribution is -2.54. The molecule has 1 fully saturated rings. The molecule has 0 bridgehead atoms. The van der Waals surface area contributed by atoms with Crippen molar-refractivity contribution in [3.8, 4) is 11.6 Å². The number of anilines is 1. The van der Waals surface area contributed by atoms with E-state index >= 15 is 0 Å². The standard InChI is InChI=1S/C21H27FN4O2/c1-3-4-5-9-21(27)26-11-10-25(14-16(26)2)19-13-20(24-15-23-19)28-18-8-6-7-17(22)12-18/h6-8,12-13,15-16H,3-5,9-11,14H2,1-2H3/t16-/m0/s1. The molecule has 1 aliphatic rings. The third kappa shape index (κ3) is 5.18. The number of benzene rings is 1. The summed E-state index contributed by atoms with van der Waals surface area (Å²) < 4.78 is 19.0. The molecule has 0 radical (unpaired) electrons. The summed E-state index contributed by atoms with van der Waals surface area (Å²) in [5.74, 6) is 1.37. The molecule has 2 aromatic rings. The number of halogens is 1. The Kier molecular flexibility index (Phi) is 6.79. The molecule has 2 heterocycles. The van der Waals surface area contributed by atoms with E-state index < -0.39 is 0 Å². The Morgan fingerprint density at radius 1 is 1.25 bits per heavy atom. The maximum atomic E-state index is 13.3. The summed E-state index contributed by atoms with van der Waals surface area (Å²) in [5, 5.41) is 0. The summed E-state index contributed by atoms with van der Waals surface area (Å²) >= 11 is 0. The number of amides is 1. The molecule has 0 saturated carbocycles. The molecule has 3 rings (SSSR count). The Labute approximate surface area is 165 Å². The Hall–Kier alpha value is -2.70. The normalized spacial score (nSPS) is 16.9. The highest BCUT2D eigenvalue weighted by Gasteiger charge is 2.27. The molecule has 28 heavy (non-hydrogen) atoms. The molecule has 1 amide bonds. The van der Waals surface area contributed by atoms with Crippen LogP contribution in [0.1, 0.15) is 39.5 Å². The molecule has 0 unspecified atom stereocenters. The Morgan fingerprint density at radius 3 is 2.86 bits per heavy atom. The van der Waals surface area contributed by atoms with Crippen LogP contribution in [-0.4, -0.2) is 46.5 Å². The predicted octanol–water partition coefficient (Wildman–Crippen LogP) is 4.03. The smallest absolute Gasteiger partial charge is 0.224 e. The van der Waals surface area contributed by atoms with Gasteiger partial charge in [-0.3, -0.25) is 4.79 Å². The minimum atomic E-state index is -0.361. The van der Waals surface area contributed by atoms with Crippen molar-refractivity contribution < 1.29 is 13.9 Å². The molecule has 1 aromatic carbocycles. The van der Waals surface area contributed by atoms with E-state index in [9.17, 15) is 9.18 Å². The molecule has 1 aromatic heterocycles. The van der Waals surface area contributed by atoms with Crippen LogP contribution < -0.4 is 9.64 Å². The van der Waals surface area contributed by atoms with E-state index in [0.717, 1.165) is 25.1 Å². The summed E-state index contributed by atoms with van der Waals surface area (Å²) in [6.45, 7) is 6.29. The van der Waals surface area contributed by atoms with Gasteiger partial charge in [-0.05, 0) is 25.5 Å². The highest BCUT2D eigenvalue weighted by Crippen LogP contribution is 2.24. The zero-order valence-electron chi connectivity index (χ0n) is 16.5.